The molecule has 2 aromatic carbocycles. The lowest BCUT2D eigenvalue weighted by Gasteiger charge is -2.39. The first-order chi connectivity index (χ1) is 14.9. The molecule has 4 rings (SSSR count). The molecular formula is C23H24ClN3O3S. The van der Waals surface area contributed by atoms with Gasteiger partial charge < -0.3 is 4.90 Å². The zero-order valence-electron chi connectivity index (χ0n) is 17.1. The van der Waals surface area contributed by atoms with E-state index in [1.54, 1.807) is 17.0 Å². The Morgan fingerprint density at radius 3 is 2.19 bits per heavy atom. The van der Waals surface area contributed by atoms with Gasteiger partial charge in [-0.2, -0.15) is 9.57 Å². The van der Waals surface area contributed by atoms with E-state index in [4.69, 9.17) is 11.6 Å². The average Bonchev–Trinajstić information content (AvgIpc) is 3.30. The minimum Gasteiger partial charge on any atom is -0.339 e. The molecule has 0 unspecified atom stereocenters. The number of halogens is 1. The topological polar surface area (TPSA) is 81.5 Å². The summed E-state index contributed by atoms with van der Waals surface area (Å²) in [5, 5.41) is 9.92. The van der Waals surface area contributed by atoms with E-state index >= 15 is 0 Å². The molecule has 0 aromatic heterocycles. The van der Waals surface area contributed by atoms with E-state index in [0.29, 0.717) is 18.1 Å². The Hall–Kier alpha value is -2.40. The van der Waals surface area contributed by atoms with Crippen LogP contribution in [0.1, 0.15) is 36.8 Å². The fourth-order valence-electron chi connectivity index (χ4n) is 4.73. The lowest BCUT2D eigenvalue weighted by Crippen LogP contribution is -2.55. The summed E-state index contributed by atoms with van der Waals surface area (Å²) in [6.45, 7) is 1.10. The Labute approximate surface area is 188 Å². The molecule has 0 atom stereocenters. The summed E-state index contributed by atoms with van der Waals surface area (Å²) in [6, 6.07) is 15.7. The molecule has 2 aromatic rings. The summed E-state index contributed by atoms with van der Waals surface area (Å²) in [4.78, 5) is 15.4. The van der Waals surface area contributed by atoms with E-state index in [1.807, 2.05) is 30.3 Å². The smallest absolute Gasteiger partial charge is 0.244 e. The largest absolute Gasteiger partial charge is 0.339 e. The van der Waals surface area contributed by atoms with Gasteiger partial charge in [-0.3, -0.25) is 4.79 Å². The molecular weight excluding hydrogens is 434 g/mol. The highest BCUT2D eigenvalue weighted by molar-refractivity contribution is 7.89. The van der Waals surface area contributed by atoms with E-state index in [9.17, 15) is 18.5 Å². The number of nitriles is 1. The Bertz CT molecular complexity index is 1110. The van der Waals surface area contributed by atoms with Crippen molar-refractivity contribution in [3.05, 3.63) is 64.7 Å². The Morgan fingerprint density at radius 1 is 0.968 bits per heavy atom. The Balaban J connectivity index is 1.52. The first kappa shape index (κ1) is 21.8. The number of hydrogen-bond acceptors (Lipinski definition) is 4. The second-order valence-corrected chi connectivity index (χ2v) is 10.4. The van der Waals surface area contributed by atoms with E-state index in [1.165, 1.54) is 16.4 Å². The van der Waals surface area contributed by atoms with E-state index in [2.05, 4.69) is 0 Å². The van der Waals surface area contributed by atoms with Crippen molar-refractivity contribution in [2.45, 2.75) is 36.0 Å². The number of nitrogens with zero attached hydrogens (tertiary/aromatic N) is 3. The molecule has 1 heterocycles. The van der Waals surface area contributed by atoms with Crippen LogP contribution in [0.25, 0.3) is 0 Å². The van der Waals surface area contributed by atoms with Gasteiger partial charge in [0.05, 0.1) is 15.9 Å². The van der Waals surface area contributed by atoms with E-state index in [0.717, 1.165) is 31.2 Å². The number of sulfonamides is 1. The molecule has 1 saturated heterocycles. The van der Waals surface area contributed by atoms with Gasteiger partial charge in [-0.05, 0) is 42.7 Å². The predicted octanol–water partition coefficient (Wildman–Crippen LogP) is 3.56. The van der Waals surface area contributed by atoms with Gasteiger partial charge in [0.1, 0.15) is 6.07 Å². The quantitative estimate of drug-likeness (QED) is 0.703. The van der Waals surface area contributed by atoms with Crippen LogP contribution in [0, 0.1) is 11.3 Å². The first-order valence-electron chi connectivity index (χ1n) is 10.4. The molecule has 6 nitrogen and oxygen atoms in total. The zero-order valence-corrected chi connectivity index (χ0v) is 18.7. The summed E-state index contributed by atoms with van der Waals surface area (Å²) < 4.78 is 27.5. The molecule has 0 N–H and O–H groups in total. The third-order valence-electron chi connectivity index (χ3n) is 6.41. The molecule has 1 saturated carbocycles. The summed E-state index contributed by atoms with van der Waals surface area (Å²) in [5.41, 5.74) is 0.560. The van der Waals surface area contributed by atoms with Crippen molar-refractivity contribution in [1.82, 2.24) is 9.21 Å². The lowest BCUT2D eigenvalue weighted by atomic mass is 9.77. The van der Waals surface area contributed by atoms with Gasteiger partial charge in [-0.15, -0.1) is 0 Å². The number of benzene rings is 2. The zero-order chi connectivity index (χ0) is 22.1. The molecule has 0 radical (unpaired) electrons. The minimum absolute atomic E-state index is 0.0192. The third kappa shape index (κ3) is 3.96. The van der Waals surface area contributed by atoms with Gasteiger partial charge in [-0.1, -0.05) is 48.7 Å². The van der Waals surface area contributed by atoms with Gasteiger partial charge in [-0.25, -0.2) is 8.42 Å². The van der Waals surface area contributed by atoms with Gasteiger partial charge in [0.25, 0.3) is 0 Å². The maximum atomic E-state index is 13.6. The van der Waals surface area contributed by atoms with Crippen LogP contribution >= 0.6 is 11.6 Å². The van der Waals surface area contributed by atoms with Crippen molar-refractivity contribution in [1.29, 1.82) is 5.26 Å². The Morgan fingerprint density at radius 2 is 1.58 bits per heavy atom. The van der Waals surface area contributed by atoms with Crippen LogP contribution in [-0.2, 0) is 20.2 Å². The number of carbonyl (C=O) groups excluding carboxylic acids is 1. The van der Waals surface area contributed by atoms with Crippen LogP contribution in [0.4, 0.5) is 0 Å². The standard InChI is InChI=1S/C23H24ClN3O3S/c24-20-9-7-19(8-10-20)23(11-3-4-12-23)22(28)26-13-15-27(16-14-26)31(29,30)21-6-2-1-5-18(21)17-25/h1-2,5-10H,3-4,11-16H2. The fraction of sp³-hybridized carbons (Fsp3) is 0.391. The van der Waals surface area contributed by atoms with Crippen molar-refractivity contribution in [2.24, 2.45) is 0 Å². The van der Waals surface area contributed by atoms with Crippen LogP contribution < -0.4 is 0 Å². The Kier molecular flexibility index (Phi) is 6.07. The highest BCUT2D eigenvalue weighted by atomic mass is 35.5. The van der Waals surface area contributed by atoms with E-state index < -0.39 is 15.4 Å². The van der Waals surface area contributed by atoms with Gasteiger partial charge in [0.15, 0.2) is 0 Å². The monoisotopic (exact) mass is 457 g/mol. The number of rotatable bonds is 4. The maximum absolute atomic E-state index is 13.6. The number of amides is 1. The lowest BCUT2D eigenvalue weighted by molar-refractivity contribution is -0.138. The molecule has 1 amide bonds. The second-order valence-electron chi connectivity index (χ2n) is 8.10. The van der Waals surface area contributed by atoms with Crippen LogP contribution in [0.15, 0.2) is 53.4 Å². The normalized spacial score (nSPS) is 19.2. The molecule has 1 aliphatic carbocycles. The summed E-state index contributed by atoms with van der Waals surface area (Å²) in [5.74, 6) is 0.0711. The first-order valence-corrected chi connectivity index (χ1v) is 12.2. The summed E-state index contributed by atoms with van der Waals surface area (Å²) >= 11 is 6.05. The molecule has 2 aliphatic rings. The van der Waals surface area contributed by atoms with Crippen LogP contribution in [-0.4, -0.2) is 49.7 Å². The van der Waals surface area contributed by atoms with Crippen LogP contribution in [0.5, 0.6) is 0 Å². The molecule has 162 valence electrons. The SMILES string of the molecule is N#Cc1ccccc1S(=O)(=O)N1CCN(C(=O)C2(c3ccc(Cl)cc3)CCCC2)CC1. The highest BCUT2D eigenvalue weighted by Gasteiger charge is 2.46. The predicted molar refractivity (Wildman–Crippen MR) is 118 cm³/mol. The fourth-order valence-corrected chi connectivity index (χ4v) is 6.42. The van der Waals surface area contributed by atoms with Gasteiger partial charge in [0.2, 0.25) is 15.9 Å². The number of carbonyl (C=O) groups is 1. The van der Waals surface area contributed by atoms with Crippen LogP contribution in [0.2, 0.25) is 5.02 Å². The van der Waals surface area contributed by atoms with Crippen LogP contribution in [0.3, 0.4) is 0 Å². The molecule has 8 heteroatoms. The summed E-state index contributed by atoms with van der Waals surface area (Å²) in [7, 11) is -3.79. The van der Waals surface area contributed by atoms with Crippen molar-refractivity contribution in [3.63, 3.8) is 0 Å². The highest BCUT2D eigenvalue weighted by Crippen LogP contribution is 2.43. The molecule has 0 spiro atoms. The molecule has 31 heavy (non-hydrogen) atoms. The average molecular weight is 458 g/mol. The molecule has 0 bridgehead atoms. The molecule has 2 fully saturated rings. The maximum Gasteiger partial charge on any atom is 0.244 e. The van der Waals surface area contributed by atoms with Crippen molar-refractivity contribution in [3.8, 4) is 6.07 Å². The summed E-state index contributed by atoms with van der Waals surface area (Å²) in [6.07, 6.45) is 3.57. The number of piperazine rings is 1. The minimum atomic E-state index is -3.79. The second kappa shape index (κ2) is 8.62. The van der Waals surface area contributed by atoms with Crippen molar-refractivity contribution in [2.75, 3.05) is 26.2 Å². The van der Waals surface area contributed by atoms with Gasteiger partial charge >= 0.3 is 0 Å². The number of hydrogen-bond donors (Lipinski definition) is 0. The molecule has 1 aliphatic heterocycles. The van der Waals surface area contributed by atoms with Crippen molar-refractivity contribution < 1.29 is 13.2 Å². The van der Waals surface area contributed by atoms with Crippen molar-refractivity contribution >= 4 is 27.5 Å². The van der Waals surface area contributed by atoms with E-state index in [-0.39, 0.29) is 29.5 Å². The third-order valence-corrected chi connectivity index (χ3v) is 8.62. The van der Waals surface area contributed by atoms with Gasteiger partial charge in [0, 0.05) is 31.2 Å².